The smallest absolute Gasteiger partial charge is 0.413 e. The summed E-state index contributed by atoms with van der Waals surface area (Å²) in [6.07, 6.45) is -0.767. The van der Waals surface area contributed by atoms with Crippen molar-refractivity contribution in [3.8, 4) is 0 Å². The second kappa shape index (κ2) is 7.86. The van der Waals surface area contributed by atoms with Gasteiger partial charge >= 0.3 is 6.09 Å². The molecule has 0 saturated carbocycles. The van der Waals surface area contributed by atoms with Crippen molar-refractivity contribution in [3.63, 3.8) is 0 Å². The van der Waals surface area contributed by atoms with E-state index in [1.165, 1.54) is 15.6 Å². The maximum atomic E-state index is 12.4. The predicted molar refractivity (Wildman–Crippen MR) is 84.7 cm³/mol. The van der Waals surface area contributed by atoms with E-state index in [1.54, 1.807) is 29.3 Å². The highest BCUT2D eigenvalue weighted by atomic mass is 32.2. The van der Waals surface area contributed by atoms with Crippen LogP contribution < -0.4 is 5.32 Å². The molecule has 1 aromatic rings. The van der Waals surface area contributed by atoms with E-state index in [-0.39, 0.29) is 13.2 Å². The molecule has 128 valence electrons. The molecule has 1 aliphatic rings. The van der Waals surface area contributed by atoms with Crippen LogP contribution in [0.3, 0.4) is 0 Å². The molecule has 0 spiro atoms. The first-order chi connectivity index (χ1) is 10.9. The van der Waals surface area contributed by atoms with E-state index in [0.29, 0.717) is 30.4 Å². The molecule has 0 atom stereocenters. The Morgan fingerprint density at radius 3 is 2.57 bits per heavy atom. The summed E-state index contributed by atoms with van der Waals surface area (Å²) >= 11 is 1.19. The van der Waals surface area contributed by atoms with Crippen molar-refractivity contribution in [1.29, 1.82) is 0 Å². The number of nitrogens with one attached hydrogen (secondary N) is 1. The van der Waals surface area contributed by atoms with Crippen molar-refractivity contribution in [2.24, 2.45) is 0 Å². The molecular weight excluding hydrogens is 342 g/mol. The van der Waals surface area contributed by atoms with Crippen molar-refractivity contribution >= 4 is 33.4 Å². The van der Waals surface area contributed by atoms with Gasteiger partial charge in [-0.15, -0.1) is 11.3 Å². The number of sulfonamides is 1. The van der Waals surface area contributed by atoms with Gasteiger partial charge in [0.15, 0.2) is 0 Å². The number of nitrogens with zero attached hydrogens (tertiary/aromatic N) is 2. The second-order valence-corrected chi connectivity index (χ2v) is 7.99. The Labute approximate surface area is 139 Å². The Balaban J connectivity index is 1.82. The molecule has 1 aliphatic heterocycles. The average Bonchev–Trinajstić information content (AvgIpc) is 3.02. The van der Waals surface area contributed by atoms with Crippen molar-refractivity contribution in [2.75, 3.05) is 39.3 Å². The number of alkyl carbamates (subject to hydrolysis) is 1. The lowest BCUT2D eigenvalue weighted by Crippen LogP contribution is -2.51. The summed E-state index contributed by atoms with van der Waals surface area (Å²) in [4.78, 5) is 24.6. The number of hydrogen-bond donors (Lipinski definition) is 1. The number of ether oxygens (including phenoxy) is 1. The van der Waals surface area contributed by atoms with Crippen LogP contribution in [0.2, 0.25) is 0 Å². The highest BCUT2D eigenvalue weighted by Gasteiger charge is 2.29. The van der Waals surface area contributed by atoms with Gasteiger partial charge in [0.1, 0.15) is 4.21 Å². The molecule has 23 heavy (non-hydrogen) atoms. The van der Waals surface area contributed by atoms with E-state index < -0.39 is 22.0 Å². The van der Waals surface area contributed by atoms with E-state index in [4.69, 9.17) is 0 Å². The van der Waals surface area contributed by atoms with Crippen molar-refractivity contribution in [1.82, 2.24) is 14.5 Å². The first-order valence-corrected chi connectivity index (χ1v) is 9.48. The van der Waals surface area contributed by atoms with Gasteiger partial charge in [0.05, 0.1) is 13.2 Å². The maximum Gasteiger partial charge on any atom is 0.413 e. The number of carbonyl (C=O) groups is 2. The van der Waals surface area contributed by atoms with Crippen molar-refractivity contribution in [3.05, 3.63) is 17.5 Å². The first kappa shape index (κ1) is 17.9. The number of imide groups is 1. The predicted octanol–water partition coefficient (Wildman–Crippen LogP) is 0.327. The number of carbonyl (C=O) groups excluding carboxylic acids is 2. The number of amides is 2. The van der Waals surface area contributed by atoms with Gasteiger partial charge in [0.25, 0.3) is 10.0 Å². The van der Waals surface area contributed by atoms with Gasteiger partial charge in [-0.3, -0.25) is 15.0 Å². The third-order valence-electron chi connectivity index (χ3n) is 3.30. The quantitative estimate of drug-likeness (QED) is 0.812. The number of hydrogen-bond acceptors (Lipinski definition) is 7. The highest BCUT2D eigenvalue weighted by molar-refractivity contribution is 7.91. The minimum atomic E-state index is -3.45. The van der Waals surface area contributed by atoms with Crippen LogP contribution in [0.25, 0.3) is 0 Å². The Morgan fingerprint density at radius 1 is 1.30 bits per heavy atom. The van der Waals surface area contributed by atoms with Gasteiger partial charge in [0, 0.05) is 26.2 Å². The van der Waals surface area contributed by atoms with E-state index in [1.807, 2.05) is 0 Å². The minimum absolute atomic E-state index is 0.0334. The van der Waals surface area contributed by atoms with Gasteiger partial charge in [-0.2, -0.15) is 4.31 Å². The highest BCUT2D eigenvalue weighted by Crippen LogP contribution is 2.21. The zero-order chi connectivity index (χ0) is 16.9. The molecule has 1 saturated heterocycles. The molecule has 1 fully saturated rings. The van der Waals surface area contributed by atoms with Gasteiger partial charge in [-0.05, 0) is 18.4 Å². The van der Waals surface area contributed by atoms with Crippen LogP contribution in [0.1, 0.15) is 6.92 Å². The molecular formula is C13H19N3O5S2. The molecule has 0 aromatic carbocycles. The lowest BCUT2D eigenvalue weighted by molar-refractivity contribution is -0.121. The van der Waals surface area contributed by atoms with Crippen LogP contribution in [0.4, 0.5) is 4.79 Å². The first-order valence-electron chi connectivity index (χ1n) is 7.16. The Kier molecular flexibility index (Phi) is 6.10. The summed E-state index contributed by atoms with van der Waals surface area (Å²) in [6, 6.07) is 3.28. The fraction of sp³-hybridized carbons (Fsp3) is 0.538. The molecule has 0 radical (unpaired) electrons. The number of piperazine rings is 1. The Hall–Kier alpha value is -1.49. The molecule has 0 unspecified atom stereocenters. The zero-order valence-electron chi connectivity index (χ0n) is 12.7. The standard InChI is InChI=1S/C13H19N3O5S2/c1-2-21-13(18)14-11(17)10-15-5-7-16(8-6-15)23(19,20)12-4-3-9-22-12/h3-4,9H,2,5-8,10H2,1H3,(H,14,17,18). The Bertz CT molecular complexity index is 637. The van der Waals surface area contributed by atoms with Crippen molar-refractivity contribution in [2.45, 2.75) is 11.1 Å². The molecule has 0 aliphatic carbocycles. The van der Waals surface area contributed by atoms with Crippen LogP contribution in [0, 0.1) is 0 Å². The maximum absolute atomic E-state index is 12.4. The summed E-state index contributed by atoms with van der Waals surface area (Å²) in [7, 11) is -3.45. The molecule has 1 aromatic heterocycles. The number of rotatable bonds is 5. The van der Waals surface area contributed by atoms with Gasteiger partial charge in [-0.25, -0.2) is 13.2 Å². The van der Waals surface area contributed by atoms with Gasteiger partial charge in [-0.1, -0.05) is 6.07 Å². The SMILES string of the molecule is CCOC(=O)NC(=O)CN1CCN(S(=O)(=O)c2cccs2)CC1. The Morgan fingerprint density at radius 2 is 2.00 bits per heavy atom. The van der Waals surface area contributed by atoms with E-state index in [0.717, 1.165) is 0 Å². The van der Waals surface area contributed by atoms with E-state index in [9.17, 15) is 18.0 Å². The average molecular weight is 361 g/mol. The zero-order valence-corrected chi connectivity index (χ0v) is 14.4. The van der Waals surface area contributed by atoms with Crippen LogP contribution in [-0.2, 0) is 19.6 Å². The largest absolute Gasteiger partial charge is 0.450 e. The fourth-order valence-corrected chi connectivity index (χ4v) is 4.76. The summed E-state index contributed by atoms with van der Waals surface area (Å²) in [6.45, 7) is 3.36. The molecule has 2 amide bonds. The monoisotopic (exact) mass is 361 g/mol. The lowest BCUT2D eigenvalue weighted by atomic mass is 10.3. The van der Waals surface area contributed by atoms with Gasteiger partial charge < -0.3 is 4.74 Å². The lowest BCUT2D eigenvalue weighted by Gasteiger charge is -2.33. The van der Waals surface area contributed by atoms with E-state index in [2.05, 4.69) is 10.1 Å². The molecule has 0 bridgehead atoms. The topological polar surface area (TPSA) is 96.0 Å². The van der Waals surface area contributed by atoms with E-state index >= 15 is 0 Å². The van der Waals surface area contributed by atoms with Crippen LogP contribution in [-0.4, -0.2) is 69.0 Å². The van der Waals surface area contributed by atoms with Crippen LogP contribution in [0.5, 0.6) is 0 Å². The fourth-order valence-electron chi connectivity index (χ4n) is 2.19. The van der Waals surface area contributed by atoms with Crippen LogP contribution in [0.15, 0.2) is 21.7 Å². The van der Waals surface area contributed by atoms with Crippen molar-refractivity contribution < 1.29 is 22.7 Å². The molecule has 2 rings (SSSR count). The minimum Gasteiger partial charge on any atom is -0.450 e. The summed E-state index contributed by atoms with van der Waals surface area (Å²) in [5, 5.41) is 3.85. The molecule has 2 heterocycles. The second-order valence-electron chi connectivity index (χ2n) is 4.88. The molecule has 8 nitrogen and oxygen atoms in total. The summed E-state index contributed by atoms with van der Waals surface area (Å²) in [5.74, 6) is -0.460. The van der Waals surface area contributed by atoms with Crippen LogP contribution >= 0.6 is 11.3 Å². The third-order valence-corrected chi connectivity index (χ3v) is 6.58. The summed E-state index contributed by atoms with van der Waals surface area (Å²) < 4.78 is 31.1. The molecule has 10 heteroatoms. The van der Waals surface area contributed by atoms with Gasteiger partial charge in [0.2, 0.25) is 5.91 Å². The normalized spacial score (nSPS) is 16.9. The third kappa shape index (κ3) is 4.74. The summed E-state index contributed by atoms with van der Waals surface area (Å²) in [5.41, 5.74) is 0. The number of thiophene rings is 1. The molecule has 1 N–H and O–H groups in total.